The Kier molecular flexibility index (Phi) is 6.70. The lowest BCUT2D eigenvalue weighted by atomic mass is 9.93. The van der Waals surface area contributed by atoms with E-state index in [4.69, 9.17) is 0 Å². The standard InChI is InChI=1S/C12H25NS/c1-11(13-9-10-14-2)12-7-5-3-4-6-8-12/h11-13H,3-10H2,1-2H3/t11-/m1/s1. The highest BCUT2D eigenvalue weighted by Gasteiger charge is 2.17. The molecule has 0 aliphatic heterocycles. The van der Waals surface area contributed by atoms with Gasteiger partial charge in [-0.1, -0.05) is 25.7 Å². The molecule has 1 fully saturated rings. The summed E-state index contributed by atoms with van der Waals surface area (Å²) in [5, 5.41) is 3.66. The zero-order chi connectivity index (χ0) is 10.2. The second-order valence-corrected chi connectivity index (χ2v) is 5.47. The molecule has 2 heteroatoms. The molecule has 0 aromatic rings. The predicted molar refractivity (Wildman–Crippen MR) is 67.0 cm³/mol. The van der Waals surface area contributed by atoms with Crippen LogP contribution >= 0.6 is 11.8 Å². The van der Waals surface area contributed by atoms with Gasteiger partial charge in [0.05, 0.1) is 0 Å². The normalized spacial score (nSPS) is 21.9. The van der Waals surface area contributed by atoms with Gasteiger partial charge in [0.2, 0.25) is 0 Å². The van der Waals surface area contributed by atoms with Crippen LogP contribution in [0.1, 0.15) is 45.4 Å². The van der Waals surface area contributed by atoms with E-state index in [9.17, 15) is 0 Å². The first-order chi connectivity index (χ1) is 6.84. The summed E-state index contributed by atoms with van der Waals surface area (Å²) < 4.78 is 0. The summed E-state index contributed by atoms with van der Waals surface area (Å²) in [4.78, 5) is 0. The topological polar surface area (TPSA) is 12.0 Å². The minimum absolute atomic E-state index is 0.736. The van der Waals surface area contributed by atoms with Crippen LogP contribution in [0.25, 0.3) is 0 Å². The van der Waals surface area contributed by atoms with Crippen LogP contribution in [0.2, 0.25) is 0 Å². The van der Waals surface area contributed by atoms with E-state index < -0.39 is 0 Å². The molecule has 0 spiro atoms. The van der Waals surface area contributed by atoms with E-state index in [2.05, 4.69) is 18.5 Å². The zero-order valence-electron chi connectivity index (χ0n) is 9.72. The third-order valence-electron chi connectivity index (χ3n) is 3.38. The molecular formula is C12H25NS. The summed E-state index contributed by atoms with van der Waals surface area (Å²) >= 11 is 1.93. The van der Waals surface area contributed by atoms with Crippen molar-refractivity contribution in [3.63, 3.8) is 0 Å². The first-order valence-electron chi connectivity index (χ1n) is 6.07. The third kappa shape index (κ3) is 4.70. The number of hydrogen-bond donors (Lipinski definition) is 1. The monoisotopic (exact) mass is 215 g/mol. The molecule has 14 heavy (non-hydrogen) atoms. The van der Waals surface area contributed by atoms with Crippen molar-refractivity contribution in [3.8, 4) is 0 Å². The maximum absolute atomic E-state index is 3.66. The number of rotatable bonds is 5. The van der Waals surface area contributed by atoms with Gasteiger partial charge in [-0.25, -0.2) is 0 Å². The summed E-state index contributed by atoms with van der Waals surface area (Å²) in [5.74, 6) is 2.19. The fourth-order valence-electron chi connectivity index (χ4n) is 2.37. The van der Waals surface area contributed by atoms with E-state index in [1.807, 2.05) is 11.8 Å². The molecule has 1 rings (SSSR count). The van der Waals surface area contributed by atoms with Gasteiger partial charge in [0, 0.05) is 18.3 Å². The van der Waals surface area contributed by atoms with E-state index in [1.54, 1.807) is 0 Å². The molecule has 0 saturated heterocycles. The first kappa shape index (κ1) is 12.4. The number of thioether (sulfide) groups is 1. The molecule has 1 saturated carbocycles. The Morgan fingerprint density at radius 2 is 1.86 bits per heavy atom. The Morgan fingerprint density at radius 3 is 2.43 bits per heavy atom. The Morgan fingerprint density at radius 1 is 1.21 bits per heavy atom. The third-order valence-corrected chi connectivity index (χ3v) is 3.99. The van der Waals surface area contributed by atoms with Crippen molar-refractivity contribution in [3.05, 3.63) is 0 Å². The summed E-state index contributed by atoms with van der Waals surface area (Å²) in [7, 11) is 0. The van der Waals surface area contributed by atoms with Crippen molar-refractivity contribution in [1.82, 2.24) is 5.32 Å². The molecule has 84 valence electrons. The smallest absolute Gasteiger partial charge is 0.00673 e. The Hall–Kier alpha value is 0.310. The van der Waals surface area contributed by atoms with Crippen molar-refractivity contribution < 1.29 is 0 Å². The van der Waals surface area contributed by atoms with Crippen molar-refractivity contribution in [2.45, 2.75) is 51.5 Å². The van der Waals surface area contributed by atoms with Crippen LogP contribution in [0.4, 0.5) is 0 Å². The Balaban J connectivity index is 2.16. The molecule has 1 N–H and O–H groups in total. The van der Waals surface area contributed by atoms with Gasteiger partial charge in [-0.2, -0.15) is 11.8 Å². The number of nitrogens with one attached hydrogen (secondary N) is 1. The molecule has 1 nitrogen and oxygen atoms in total. The van der Waals surface area contributed by atoms with E-state index in [1.165, 1.54) is 50.8 Å². The minimum atomic E-state index is 0.736. The van der Waals surface area contributed by atoms with Gasteiger partial charge in [-0.15, -0.1) is 0 Å². The maximum atomic E-state index is 3.66. The molecule has 0 unspecified atom stereocenters. The van der Waals surface area contributed by atoms with Crippen LogP contribution in [0.5, 0.6) is 0 Å². The molecule has 1 aliphatic carbocycles. The molecule has 1 aliphatic rings. The summed E-state index contributed by atoms with van der Waals surface area (Å²) in [6.07, 6.45) is 10.9. The average Bonchev–Trinajstić information content (AvgIpc) is 2.46. The fraction of sp³-hybridized carbons (Fsp3) is 1.00. The lowest BCUT2D eigenvalue weighted by Gasteiger charge is -2.23. The van der Waals surface area contributed by atoms with Crippen molar-refractivity contribution in [2.24, 2.45) is 5.92 Å². The Bertz CT molecular complexity index is 130. The van der Waals surface area contributed by atoms with E-state index >= 15 is 0 Å². The molecule has 0 aromatic heterocycles. The molecule has 0 bridgehead atoms. The van der Waals surface area contributed by atoms with Gasteiger partial charge < -0.3 is 5.32 Å². The summed E-state index contributed by atoms with van der Waals surface area (Å²) in [6, 6.07) is 0.736. The van der Waals surface area contributed by atoms with E-state index in [-0.39, 0.29) is 0 Å². The van der Waals surface area contributed by atoms with Crippen LogP contribution < -0.4 is 5.32 Å². The predicted octanol–water partition coefficient (Wildman–Crippen LogP) is 3.30. The van der Waals surface area contributed by atoms with Gasteiger partial charge >= 0.3 is 0 Å². The molecule has 0 radical (unpaired) electrons. The minimum Gasteiger partial charge on any atom is -0.313 e. The van der Waals surface area contributed by atoms with Crippen LogP contribution in [0.3, 0.4) is 0 Å². The highest BCUT2D eigenvalue weighted by Crippen LogP contribution is 2.25. The van der Waals surface area contributed by atoms with Gasteiger partial charge in [0.15, 0.2) is 0 Å². The highest BCUT2D eigenvalue weighted by molar-refractivity contribution is 7.98. The maximum Gasteiger partial charge on any atom is 0.00673 e. The quantitative estimate of drug-likeness (QED) is 0.558. The summed E-state index contributed by atoms with van der Waals surface area (Å²) in [6.45, 7) is 3.55. The van der Waals surface area contributed by atoms with Crippen molar-refractivity contribution in [2.75, 3.05) is 18.6 Å². The second-order valence-electron chi connectivity index (χ2n) is 4.49. The zero-order valence-corrected chi connectivity index (χ0v) is 10.5. The molecule has 0 amide bonds. The van der Waals surface area contributed by atoms with E-state index in [0.717, 1.165) is 12.0 Å². The van der Waals surface area contributed by atoms with Gasteiger partial charge in [0.25, 0.3) is 0 Å². The van der Waals surface area contributed by atoms with Gasteiger partial charge in [-0.3, -0.25) is 0 Å². The first-order valence-corrected chi connectivity index (χ1v) is 7.46. The largest absolute Gasteiger partial charge is 0.313 e. The van der Waals surface area contributed by atoms with Crippen LogP contribution in [0, 0.1) is 5.92 Å². The molecule has 0 heterocycles. The van der Waals surface area contributed by atoms with Crippen LogP contribution in [-0.4, -0.2) is 24.6 Å². The SMILES string of the molecule is CSCCN[C@H](C)C1CCCCCC1. The average molecular weight is 215 g/mol. The van der Waals surface area contributed by atoms with Crippen LogP contribution in [0.15, 0.2) is 0 Å². The molecular weight excluding hydrogens is 190 g/mol. The number of hydrogen-bond acceptors (Lipinski definition) is 2. The fourth-order valence-corrected chi connectivity index (χ4v) is 2.69. The van der Waals surface area contributed by atoms with Crippen molar-refractivity contribution in [1.29, 1.82) is 0 Å². The highest BCUT2D eigenvalue weighted by atomic mass is 32.2. The summed E-state index contributed by atoms with van der Waals surface area (Å²) in [5.41, 5.74) is 0. The lowest BCUT2D eigenvalue weighted by molar-refractivity contribution is 0.344. The Labute approximate surface area is 93.4 Å². The van der Waals surface area contributed by atoms with Gasteiger partial charge in [0.1, 0.15) is 0 Å². The molecule has 1 atom stereocenters. The van der Waals surface area contributed by atoms with Gasteiger partial charge in [-0.05, 0) is 31.9 Å². The lowest BCUT2D eigenvalue weighted by Crippen LogP contribution is -2.34. The molecule has 0 aromatic carbocycles. The van der Waals surface area contributed by atoms with E-state index in [0.29, 0.717) is 0 Å². The second kappa shape index (κ2) is 7.58. The van der Waals surface area contributed by atoms with Crippen LogP contribution in [-0.2, 0) is 0 Å². The van der Waals surface area contributed by atoms with Crippen molar-refractivity contribution >= 4 is 11.8 Å².